The van der Waals surface area contributed by atoms with Gasteiger partial charge < -0.3 is 10.1 Å². The number of benzene rings is 1. The van der Waals surface area contributed by atoms with Crippen LogP contribution in [-0.4, -0.2) is 13.2 Å². The van der Waals surface area contributed by atoms with E-state index in [0.29, 0.717) is 6.04 Å². The van der Waals surface area contributed by atoms with E-state index in [1.165, 1.54) is 16.7 Å². The predicted octanol–water partition coefficient (Wildman–Crippen LogP) is 3.20. The summed E-state index contributed by atoms with van der Waals surface area (Å²) in [6, 6.07) is 4.77. The van der Waals surface area contributed by atoms with Crippen LogP contribution in [0.2, 0.25) is 0 Å². The molecule has 0 radical (unpaired) electrons. The van der Waals surface area contributed by atoms with Gasteiger partial charge in [0.2, 0.25) is 0 Å². The second-order valence-electron chi connectivity index (χ2n) is 4.37. The molecule has 0 aliphatic heterocycles. The fourth-order valence-corrected chi connectivity index (χ4v) is 1.69. The van der Waals surface area contributed by atoms with E-state index in [-0.39, 0.29) is 0 Å². The maximum atomic E-state index is 5.31. The van der Waals surface area contributed by atoms with Crippen LogP contribution >= 0.6 is 0 Å². The Hall–Kier alpha value is -1.02. The third-order valence-electron chi connectivity index (χ3n) is 3.32. The zero-order valence-corrected chi connectivity index (χ0v) is 11.1. The highest BCUT2D eigenvalue weighted by molar-refractivity contribution is 5.43. The molecule has 1 aromatic carbocycles. The van der Waals surface area contributed by atoms with Crippen LogP contribution in [0.3, 0.4) is 0 Å². The van der Waals surface area contributed by atoms with E-state index in [9.17, 15) is 0 Å². The molecule has 0 aliphatic carbocycles. The van der Waals surface area contributed by atoms with Gasteiger partial charge in [-0.25, -0.2) is 0 Å². The molecule has 0 fully saturated rings. The molecule has 1 N–H and O–H groups in total. The first kappa shape index (κ1) is 13.0. The lowest BCUT2D eigenvalue weighted by molar-refractivity contribution is 0.411. The van der Waals surface area contributed by atoms with E-state index in [4.69, 9.17) is 4.74 Å². The summed E-state index contributed by atoms with van der Waals surface area (Å²) in [6.07, 6.45) is 1.16. The molecular weight excluding hydrogens is 198 g/mol. The van der Waals surface area contributed by atoms with Crippen molar-refractivity contribution in [2.24, 2.45) is 0 Å². The molecule has 2 heteroatoms. The highest BCUT2D eigenvalue weighted by Crippen LogP contribution is 2.23. The molecule has 0 saturated heterocycles. The van der Waals surface area contributed by atoms with Crippen LogP contribution in [-0.2, 0) is 6.54 Å². The summed E-state index contributed by atoms with van der Waals surface area (Å²) in [5, 5.41) is 3.51. The Morgan fingerprint density at radius 2 is 1.94 bits per heavy atom. The van der Waals surface area contributed by atoms with Crippen LogP contribution in [0.5, 0.6) is 5.75 Å². The van der Waals surface area contributed by atoms with Crippen molar-refractivity contribution in [2.45, 2.75) is 46.7 Å². The number of ether oxygens (including phenoxy) is 1. The summed E-state index contributed by atoms with van der Waals surface area (Å²) < 4.78 is 5.31. The fourth-order valence-electron chi connectivity index (χ4n) is 1.69. The fraction of sp³-hybridized carbons (Fsp3) is 0.571. The molecule has 0 saturated carbocycles. The van der Waals surface area contributed by atoms with Gasteiger partial charge in [-0.15, -0.1) is 0 Å². The van der Waals surface area contributed by atoms with Gasteiger partial charge >= 0.3 is 0 Å². The Balaban J connectivity index is 2.78. The van der Waals surface area contributed by atoms with E-state index < -0.39 is 0 Å². The van der Waals surface area contributed by atoms with E-state index in [2.05, 4.69) is 45.1 Å². The number of hydrogen-bond donors (Lipinski definition) is 1. The normalized spacial score (nSPS) is 12.6. The molecule has 1 unspecified atom stereocenters. The number of nitrogens with one attached hydrogen (secondary N) is 1. The lowest BCUT2D eigenvalue weighted by atomic mass is 10.0. The standard InChI is InChI=1S/C14H23NO/c1-6-10(2)15-9-13-7-8-14(16-5)12(4)11(13)3/h7-8,10,15H,6,9H2,1-5H3. The van der Waals surface area contributed by atoms with Gasteiger partial charge in [-0.05, 0) is 49.9 Å². The minimum Gasteiger partial charge on any atom is -0.496 e. The third kappa shape index (κ3) is 2.99. The smallest absolute Gasteiger partial charge is 0.122 e. The van der Waals surface area contributed by atoms with Crippen LogP contribution in [0.25, 0.3) is 0 Å². The van der Waals surface area contributed by atoms with E-state index in [0.717, 1.165) is 18.7 Å². The minimum absolute atomic E-state index is 0.571. The van der Waals surface area contributed by atoms with Crippen LogP contribution in [0.4, 0.5) is 0 Å². The molecule has 1 aromatic rings. The first-order valence-corrected chi connectivity index (χ1v) is 5.96. The van der Waals surface area contributed by atoms with Crippen molar-refractivity contribution in [3.05, 3.63) is 28.8 Å². The van der Waals surface area contributed by atoms with Crippen molar-refractivity contribution in [1.29, 1.82) is 0 Å². The van der Waals surface area contributed by atoms with Crippen LogP contribution in [0.15, 0.2) is 12.1 Å². The Bertz CT molecular complexity index is 347. The molecule has 1 atom stereocenters. The highest BCUT2D eigenvalue weighted by atomic mass is 16.5. The monoisotopic (exact) mass is 221 g/mol. The Labute approximate surface area is 99.0 Å². The molecule has 1 rings (SSSR count). The summed E-state index contributed by atoms with van der Waals surface area (Å²) in [7, 11) is 1.72. The number of hydrogen-bond acceptors (Lipinski definition) is 2. The molecule has 0 amide bonds. The molecule has 0 heterocycles. The van der Waals surface area contributed by atoms with Crippen LogP contribution < -0.4 is 10.1 Å². The van der Waals surface area contributed by atoms with Crippen molar-refractivity contribution in [1.82, 2.24) is 5.32 Å². The molecular formula is C14H23NO. The average molecular weight is 221 g/mol. The van der Waals surface area contributed by atoms with Crippen LogP contribution in [0, 0.1) is 13.8 Å². The van der Waals surface area contributed by atoms with E-state index in [1.807, 2.05) is 0 Å². The first-order chi connectivity index (χ1) is 7.60. The lowest BCUT2D eigenvalue weighted by Gasteiger charge is -2.15. The molecule has 2 nitrogen and oxygen atoms in total. The van der Waals surface area contributed by atoms with Gasteiger partial charge in [0.1, 0.15) is 5.75 Å². The van der Waals surface area contributed by atoms with Gasteiger partial charge in [0, 0.05) is 12.6 Å². The first-order valence-electron chi connectivity index (χ1n) is 5.96. The maximum Gasteiger partial charge on any atom is 0.122 e. The number of methoxy groups -OCH3 is 1. The van der Waals surface area contributed by atoms with Gasteiger partial charge in [-0.1, -0.05) is 13.0 Å². The second kappa shape index (κ2) is 5.90. The quantitative estimate of drug-likeness (QED) is 0.824. The molecule has 0 spiro atoms. The summed E-state index contributed by atoms with van der Waals surface area (Å²) in [5.74, 6) is 0.977. The van der Waals surface area contributed by atoms with Gasteiger partial charge in [0.15, 0.2) is 0 Å². The Morgan fingerprint density at radius 1 is 1.25 bits per heavy atom. The third-order valence-corrected chi connectivity index (χ3v) is 3.32. The molecule has 0 aliphatic rings. The van der Waals surface area contributed by atoms with Crippen molar-refractivity contribution in [2.75, 3.05) is 7.11 Å². The SMILES string of the molecule is CCC(C)NCc1ccc(OC)c(C)c1C. The van der Waals surface area contributed by atoms with Gasteiger partial charge in [0.05, 0.1) is 7.11 Å². The van der Waals surface area contributed by atoms with Crippen molar-refractivity contribution < 1.29 is 4.74 Å². The van der Waals surface area contributed by atoms with Crippen molar-refractivity contribution >= 4 is 0 Å². The largest absolute Gasteiger partial charge is 0.496 e. The summed E-state index contributed by atoms with van der Waals surface area (Å²) in [5.41, 5.74) is 3.93. The van der Waals surface area contributed by atoms with Crippen LogP contribution in [0.1, 0.15) is 37.0 Å². The molecule has 90 valence electrons. The lowest BCUT2D eigenvalue weighted by Crippen LogP contribution is -2.24. The van der Waals surface area contributed by atoms with E-state index in [1.54, 1.807) is 7.11 Å². The topological polar surface area (TPSA) is 21.3 Å². The summed E-state index contributed by atoms with van der Waals surface area (Å²) in [4.78, 5) is 0. The van der Waals surface area contributed by atoms with E-state index >= 15 is 0 Å². The maximum absolute atomic E-state index is 5.31. The Morgan fingerprint density at radius 3 is 2.50 bits per heavy atom. The predicted molar refractivity (Wildman–Crippen MR) is 69.1 cm³/mol. The summed E-state index contributed by atoms with van der Waals surface area (Å²) >= 11 is 0. The zero-order chi connectivity index (χ0) is 12.1. The van der Waals surface area contributed by atoms with Crippen molar-refractivity contribution in [3.63, 3.8) is 0 Å². The molecule has 16 heavy (non-hydrogen) atoms. The molecule has 0 bridgehead atoms. The Kier molecular flexibility index (Phi) is 4.81. The van der Waals surface area contributed by atoms with Gasteiger partial charge in [-0.3, -0.25) is 0 Å². The average Bonchev–Trinajstić information content (AvgIpc) is 2.30. The second-order valence-corrected chi connectivity index (χ2v) is 4.37. The van der Waals surface area contributed by atoms with Crippen molar-refractivity contribution in [3.8, 4) is 5.75 Å². The zero-order valence-electron chi connectivity index (χ0n) is 11.1. The highest BCUT2D eigenvalue weighted by Gasteiger charge is 2.07. The number of rotatable bonds is 5. The van der Waals surface area contributed by atoms with Gasteiger partial charge in [-0.2, -0.15) is 0 Å². The summed E-state index contributed by atoms with van der Waals surface area (Å²) in [6.45, 7) is 9.62. The minimum atomic E-state index is 0.571. The van der Waals surface area contributed by atoms with Gasteiger partial charge in [0.25, 0.3) is 0 Å². The molecule has 0 aromatic heterocycles.